The van der Waals surface area contributed by atoms with Crippen molar-refractivity contribution < 1.29 is 27.2 Å². The molecule has 1 saturated heterocycles. The number of rotatable bonds is 2. The van der Waals surface area contributed by atoms with Crippen LogP contribution < -0.4 is 0 Å². The van der Waals surface area contributed by atoms with E-state index in [0.29, 0.717) is 6.07 Å². The first-order valence-corrected chi connectivity index (χ1v) is 7.40. The Morgan fingerprint density at radius 1 is 0.960 bits per heavy atom. The van der Waals surface area contributed by atoms with E-state index in [1.807, 2.05) is 0 Å². The lowest BCUT2D eigenvalue weighted by Gasteiger charge is -2.34. The minimum atomic E-state index is -1.69. The van der Waals surface area contributed by atoms with Crippen molar-refractivity contribution in [1.82, 2.24) is 20.0 Å². The highest BCUT2D eigenvalue weighted by molar-refractivity contribution is 5.95. The third kappa shape index (κ3) is 3.19. The summed E-state index contributed by atoms with van der Waals surface area (Å²) in [5, 5.41) is 7.21. The van der Waals surface area contributed by atoms with Crippen molar-refractivity contribution in [3.8, 4) is 0 Å². The molecule has 7 nitrogen and oxygen atoms in total. The van der Waals surface area contributed by atoms with Crippen molar-refractivity contribution in [2.45, 2.75) is 6.92 Å². The predicted octanol–water partition coefficient (Wildman–Crippen LogP) is 1.39. The molecule has 0 atom stereocenters. The number of nitrogens with zero attached hydrogens (tertiary/aromatic N) is 4. The minimum absolute atomic E-state index is 0.107. The van der Waals surface area contributed by atoms with Crippen LogP contribution >= 0.6 is 0 Å². The van der Waals surface area contributed by atoms with Gasteiger partial charge in [0.15, 0.2) is 17.5 Å². The first-order chi connectivity index (χ1) is 11.9. The molecular formula is C15H13F3N4O3. The molecule has 3 rings (SSSR count). The Balaban J connectivity index is 1.67. The van der Waals surface area contributed by atoms with Crippen LogP contribution in [0.15, 0.2) is 16.5 Å². The fraction of sp³-hybridized carbons (Fsp3) is 0.333. The number of aryl methyl sites for hydroxylation is 1. The maximum Gasteiger partial charge on any atom is 0.311 e. The number of hydrogen-bond donors (Lipinski definition) is 0. The summed E-state index contributed by atoms with van der Waals surface area (Å²) in [5.74, 6) is -5.70. The molecule has 1 aliphatic rings. The zero-order valence-corrected chi connectivity index (χ0v) is 13.1. The van der Waals surface area contributed by atoms with Crippen LogP contribution in [0.5, 0.6) is 0 Å². The minimum Gasteiger partial charge on any atom is -0.417 e. The number of amides is 2. The van der Waals surface area contributed by atoms with Crippen LogP contribution in [0.25, 0.3) is 0 Å². The summed E-state index contributed by atoms with van der Waals surface area (Å²) in [6.07, 6.45) is 0. The topological polar surface area (TPSA) is 79.5 Å². The van der Waals surface area contributed by atoms with Crippen LogP contribution in [-0.4, -0.2) is 58.0 Å². The van der Waals surface area contributed by atoms with E-state index in [1.54, 1.807) is 6.92 Å². The number of aromatic nitrogens is 2. The number of benzene rings is 1. The first kappa shape index (κ1) is 16.9. The smallest absolute Gasteiger partial charge is 0.311 e. The lowest BCUT2D eigenvalue weighted by Crippen LogP contribution is -2.50. The van der Waals surface area contributed by atoms with Crippen molar-refractivity contribution in [3.05, 3.63) is 46.9 Å². The maximum atomic E-state index is 13.7. The van der Waals surface area contributed by atoms with Crippen molar-refractivity contribution in [1.29, 1.82) is 0 Å². The molecule has 25 heavy (non-hydrogen) atoms. The molecule has 1 aliphatic heterocycles. The number of carbonyl (C=O) groups is 2. The summed E-state index contributed by atoms with van der Waals surface area (Å²) in [5.41, 5.74) is -0.550. The Kier molecular flexibility index (Phi) is 4.43. The second-order valence-electron chi connectivity index (χ2n) is 5.43. The SMILES string of the molecule is Cc1nnc(C(=O)N2CCN(C(=O)c3ccc(F)c(F)c3F)CC2)o1. The molecule has 0 saturated carbocycles. The molecule has 0 bridgehead atoms. The van der Waals surface area contributed by atoms with E-state index in [2.05, 4.69) is 10.2 Å². The van der Waals surface area contributed by atoms with Gasteiger partial charge in [-0.1, -0.05) is 0 Å². The van der Waals surface area contributed by atoms with Crippen LogP contribution in [0, 0.1) is 24.4 Å². The highest BCUT2D eigenvalue weighted by atomic mass is 19.2. The average Bonchev–Trinajstić information content (AvgIpc) is 3.05. The highest BCUT2D eigenvalue weighted by Crippen LogP contribution is 2.18. The molecule has 132 valence electrons. The zero-order chi connectivity index (χ0) is 18.1. The molecule has 0 N–H and O–H groups in total. The highest BCUT2D eigenvalue weighted by Gasteiger charge is 2.30. The molecule has 0 aliphatic carbocycles. The zero-order valence-electron chi connectivity index (χ0n) is 13.1. The van der Waals surface area contributed by atoms with E-state index in [9.17, 15) is 22.8 Å². The van der Waals surface area contributed by atoms with Crippen LogP contribution in [0.3, 0.4) is 0 Å². The van der Waals surface area contributed by atoms with Crippen molar-refractivity contribution >= 4 is 11.8 Å². The molecule has 10 heteroatoms. The molecule has 1 aromatic heterocycles. The lowest BCUT2D eigenvalue weighted by molar-refractivity contribution is 0.0509. The molecule has 0 spiro atoms. The third-order valence-electron chi connectivity index (χ3n) is 3.83. The third-order valence-corrected chi connectivity index (χ3v) is 3.83. The van der Waals surface area contributed by atoms with Gasteiger partial charge in [0.2, 0.25) is 5.89 Å². The van der Waals surface area contributed by atoms with E-state index >= 15 is 0 Å². The summed E-state index contributed by atoms with van der Waals surface area (Å²) in [7, 11) is 0. The van der Waals surface area contributed by atoms with Gasteiger partial charge in [-0.2, -0.15) is 0 Å². The van der Waals surface area contributed by atoms with E-state index in [-0.39, 0.29) is 38.0 Å². The van der Waals surface area contributed by atoms with Gasteiger partial charge in [0, 0.05) is 33.1 Å². The Bertz CT molecular complexity index is 831. The van der Waals surface area contributed by atoms with Gasteiger partial charge < -0.3 is 14.2 Å². The summed E-state index contributed by atoms with van der Waals surface area (Å²) in [6.45, 7) is 2.09. The summed E-state index contributed by atoms with van der Waals surface area (Å²) >= 11 is 0. The van der Waals surface area contributed by atoms with Gasteiger partial charge in [0.25, 0.3) is 5.91 Å². The summed E-state index contributed by atoms with van der Waals surface area (Å²) in [4.78, 5) is 27.1. The summed E-state index contributed by atoms with van der Waals surface area (Å²) in [6, 6.07) is 1.60. The van der Waals surface area contributed by atoms with Crippen molar-refractivity contribution in [2.75, 3.05) is 26.2 Å². The predicted molar refractivity (Wildman–Crippen MR) is 77.2 cm³/mol. The van der Waals surface area contributed by atoms with Crippen molar-refractivity contribution in [2.24, 2.45) is 0 Å². The molecule has 0 radical (unpaired) electrons. The average molecular weight is 354 g/mol. The normalized spacial score (nSPS) is 14.7. The Morgan fingerprint density at radius 2 is 1.56 bits per heavy atom. The van der Waals surface area contributed by atoms with E-state index < -0.39 is 34.8 Å². The number of piperazine rings is 1. The molecule has 2 heterocycles. The first-order valence-electron chi connectivity index (χ1n) is 7.40. The van der Waals surface area contributed by atoms with Gasteiger partial charge in [-0.05, 0) is 12.1 Å². The van der Waals surface area contributed by atoms with Crippen LogP contribution in [0.4, 0.5) is 13.2 Å². The number of halogens is 3. The molecule has 1 aromatic carbocycles. The standard InChI is InChI=1S/C15H13F3N4O3/c1-8-19-20-13(25-8)15(24)22-6-4-21(5-7-22)14(23)9-2-3-10(16)12(18)11(9)17/h2-3H,4-7H2,1H3. The van der Waals surface area contributed by atoms with Crippen LogP contribution in [-0.2, 0) is 0 Å². The second kappa shape index (κ2) is 6.54. The largest absolute Gasteiger partial charge is 0.417 e. The quantitative estimate of drug-likeness (QED) is 0.762. The molecule has 1 fully saturated rings. The Labute approximate surface area is 140 Å². The van der Waals surface area contributed by atoms with Gasteiger partial charge in [-0.15, -0.1) is 10.2 Å². The van der Waals surface area contributed by atoms with E-state index in [1.165, 1.54) is 9.80 Å². The van der Waals surface area contributed by atoms with Crippen LogP contribution in [0.1, 0.15) is 26.9 Å². The number of hydrogen-bond acceptors (Lipinski definition) is 5. The summed E-state index contributed by atoms with van der Waals surface area (Å²) < 4.78 is 45.0. The fourth-order valence-corrected chi connectivity index (χ4v) is 2.49. The van der Waals surface area contributed by atoms with E-state index in [4.69, 9.17) is 4.42 Å². The van der Waals surface area contributed by atoms with Crippen LogP contribution in [0.2, 0.25) is 0 Å². The molecule has 0 unspecified atom stereocenters. The molecular weight excluding hydrogens is 341 g/mol. The maximum absolute atomic E-state index is 13.7. The van der Waals surface area contributed by atoms with Crippen molar-refractivity contribution in [3.63, 3.8) is 0 Å². The van der Waals surface area contributed by atoms with Gasteiger partial charge in [-0.25, -0.2) is 13.2 Å². The fourth-order valence-electron chi connectivity index (χ4n) is 2.49. The number of carbonyl (C=O) groups excluding carboxylic acids is 2. The van der Waals surface area contributed by atoms with Gasteiger partial charge in [0.05, 0.1) is 5.56 Å². The van der Waals surface area contributed by atoms with Gasteiger partial charge in [0.1, 0.15) is 0 Å². The Hall–Kier alpha value is -2.91. The Morgan fingerprint density at radius 3 is 2.12 bits per heavy atom. The molecule has 2 amide bonds. The lowest BCUT2D eigenvalue weighted by atomic mass is 10.1. The monoisotopic (exact) mass is 354 g/mol. The molecule has 2 aromatic rings. The van der Waals surface area contributed by atoms with Gasteiger partial charge in [-0.3, -0.25) is 9.59 Å². The second-order valence-corrected chi connectivity index (χ2v) is 5.43. The van der Waals surface area contributed by atoms with E-state index in [0.717, 1.165) is 6.07 Å². The van der Waals surface area contributed by atoms with Gasteiger partial charge >= 0.3 is 11.8 Å².